The van der Waals surface area contributed by atoms with Crippen LogP contribution in [0.25, 0.3) is 0 Å². The monoisotopic (exact) mass is 519 g/mol. The predicted octanol–water partition coefficient (Wildman–Crippen LogP) is 4.31. The van der Waals surface area contributed by atoms with Crippen molar-refractivity contribution in [3.63, 3.8) is 0 Å². The van der Waals surface area contributed by atoms with Gasteiger partial charge in [-0.3, -0.25) is 0 Å². The van der Waals surface area contributed by atoms with Crippen LogP contribution >= 0.6 is 0 Å². The lowest BCUT2D eigenvalue weighted by Crippen LogP contribution is -2.74. The molecule has 1 heterocycles. The van der Waals surface area contributed by atoms with E-state index in [0.717, 1.165) is 0 Å². The van der Waals surface area contributed by atoms with Crippen molar-refractivity contribution in [2.75, 3.05) is 0 Å². The van der Waals surface area contributed by atoms with Crippen molar-refractivity contribution in [1.29, 1.82) is 0 Å². The summed E-state index contributed by atoms with van der Waals surface area (Å²) < 4.78 is 1.37. The Balaban J connectivity index is 0.000000184. The molecule has 0 fully saturated rings. The number of nitrogens with zero attached hydrogens (tertiary/aromatic N) is 1. The van der Waals surface area contributed by atoms with Gasteiger partial charge in [-0.2, -0.15) is 26.7 Å². The molecule has 194 valence electrons. The molecule has 4 heteroatoms. The molecule has 0 atom stereocenters. The van der Waals surface area contributed by atoms with Gasteiger partial charge in [0.2, 0.25) is 12.4 Å². The van der Waals surface area contributed by atoms with Crippen molar-refractivity contribution in [3.8, 4) is 0 Å². The van der Waals surface area contributed by atoms with Crippen LogP contribution in [0.5, 0.6) is 0 Å². The molecular formula is C36H30BNO2. The summed E-state index contributed by atoms with van der Waals surface area (Å²) in [5, 5.41) is 0. The summed E-state index contributed by atoms with van der Waals surface area (Å²) in [6.07, 6.45) is 2.12. The molecule has 6 rings (SSSR count). The number of pyridine rings is 1. The molecule has 0 bridgehead atoms. The van der Waals surface area contributed by atoms with Gasteiger partial charge in [0, 0.05) is 16.9 Å². The molecule has 40 heavy (non-hydrogen) atoms. The molecule has 0 aliphatic heterocycles. The molecule has 1 aromatic heterocycles. The molecule has 0 amide bonds. The first-order chi connectivity index (χ1) is 19.8. The van der Waals surface area contributed by atoms with Gasteiger partial charge in [0.25, 0.3) is 0 Å². The normalized spacial score (nSPS) is 10.6. The van der Waals surface area contributed by atoms with E-state index in [4.69, 9.17) is 4.84 Å². The third kappa shape index (κ3) is 5.92. The Kier molecular flexibility index (Phi) is 8.60. The van der Waals surface area contributed by atoms with Crippen molar-refractivity contribution >= 4 is 34.0 Å². The number of hydrogen-bond acceptors (Lipinski definition) is 2. The minimum atomic E-state index is -1.22. The molecule has 6 aromatic rings. The van der Waals surface area contributed by atoms with Gasteiger partial charge in [-0.15, -0.1) is 0 Å². The van der Waals surface area contributed by atoms with Crippen LogP contribution in [0, 0.1) is 0 Å². The van der Waals surface area contributed by atoms with Gasteiger partial charge in [0.1, 0.15) is 6.15 Å². The first kappa shape index (κ1) is 26.4. The van der Waals surface area contributed by atoms with Gasteiger partial charge in [0.15, 0.2) is 0 Å². The molecule has 0 unspecified atom stereocenters. The summed E-state index contributed by atoms with van der Waals surface area (Å²) in [4.78, 5) is 16.6. The van der Waals surface area contributed by atoms with E-state index < -0.39 is 6.15 Å². The lowest BCUT2D eigenvalue weighted by Gasteiger charge is -2.44. The van der Waals surface area contributed by atoms with Gasteiger partial charge >= 0.3 is 5.97 Å². The smallest absolute Gasteiger partial charge is 0.239 e. The van der Waals surface area contributed by atoms with E-state index in [1.54, 1.807) is 48.8 Å². The highest BCUT2D eigenvalue weighted by molar-refractivity contribution is 7.19. The summed E-state index contributed by atoms with van der Waals surface area (Å²) in [6.45, 7) is 0. The lowest BCUT2D eigenvalue weighted by molar-refractivity contribution is -0.868. The lowest BCUT2D eigenvalue weighted by atomic mass is 9.13. The van der Waals surface area contributed by atoms with Crippen LogP contribution in [0.3, 0.4) is 0 Å². The summed E-state index contributed by atoms with van der Waals surface area (Å²) in [6, 6.07) is 57.8. The average Bonchev–Trinajstić information content (AvgIpc) is 3.05. The number of benzene rings is 5. The number of hydrogen-bond donors (Lipinski definition) is 0. The highest BCUT2D eigenvalue weighted by atomic mass is 16.7. The van der Waals surface area contributed by atoms with Crippen LogP contribution in [0.4, 0.5) is 0 Å². The molecule has 0 spiro atoms. The number of carbonyl (C=O) groups excluding carboxylic acids is 1. The maximum Gasteiger partial charge on any atom is 0.411 e. The Bertz CT molecular complexity index is 1430. The second-order valence-electron chi connectivity index (χ2n) is 9.49. The fraction of sp³-hybridized carbons (Fsp3) is 0. The molecular weight excluding hydrogens is 489 g/mol. The van der Waals surface area contributed by atoms with Crippen molar-refractivity contribution in [3.05, 3.63) is 188 Å². The quantitative estimate of drug-likeness (QED) is 0.243. The van der Waals surface area contributed by atoms with E-state index in [1.165, 1.54) is 26.6 Å². The zero-order valence-corrected chi connectivity index (χ0v) is 22.2. The molecule has 0 radical (unpaired) electrons. The van der Waals surface area contributed by atoms with Crippen LogP contribution in [0.2, 0.25) is 0 Å². The SMILES string of the molecule is O=C(O[n+]1ccccc1)c1ccccc1.c1ccc([B-](c2ccccc2)(c2ccccc2)c2ccccc2)cc1. The van der Waals surface area contributed by atoms with Crippen LogP contribution in [0.15, 0.2) is 182 Å². The molecule has 3 nitrogen and oxygen atoms in total. The Labute approximate surface area is 235 Å². The van der Waals surface area contributed by atoms with Gasteiger partial charge in [-0.1, -0.05) is 146 Å². The van der Waals surface area contributed by atoms with E-state index in [0.29, 0.717) is 5.56 Å². The Morgan fingerprint density at radius 2 is 0.725 bits per heavy atom. The van der Waals surface area contributed by atoms with Crippen molar-refractivity contribution in [2.45, 2.75) is 0 Å². The Morgan fingerprint density at radius 1 is 0.425 bits per heavy atom. The zero-order chi connectivity index (χ0) is 27.5. The number of rotatable bonds is 6. The van der Waals surface area contributed by atoms with Crippen molar-refractivity contribution in [1.82, 2.24) is 0 Å². The summed E-state index contributed by atoms with van der Waals surface area (Å²) in [5.74, 6) is -0.369. The van der Waals surface area contributed by atoms with E-state index in [2.05, 4.69) is 121 Å². The first-order valence-corrected chi connectivity index (χ1v) is 13.4. The first-order valence-electron chi connectivity index (χ1n) is 13.4. The minimum absolute atomic E-state index is 0.369. The molecule has 0 saturated heterocycles. The molecule has 0 N–H and O–H groups in total. The number of aromatic nitrogens is 1. The Morgan fingerprint density at radius 3 is 1.07 bits per heavy atom. The van der Waals surface area contributed by atoms with Crippen molar-refractivity contribution in [2.24, 2.45) is 0 Å². The maximum atomic E-state index is 11.6. The van der Waals surface area contributed by atoms with Gasteiger partial charge in [-0.05, 0) is 12.1 Å². The van der Waals surface area contributed by atoms with Gasteiger partial charge < -0.3 is 0 Å². The second kappa shape index (κ2) is 13.0. The standard InChI is InChI=1S/C24H20B.C12H10NO2/c1-5-13-21(14-6-1)25(22-15-7-2-8-16-22,23-17-9-3-10-18-23)24-19-11-4-12-20-24;14-12(11-7-3-1-4-8-11)15-13-9-5-2-6-10-13/h1-20H;1-10H/q-1;+1. The zero-order valence-electron chi connectivity index (χ0n) is 22.2. The summed E-state index contributed by atoms with van der Waals surface area (Å²) >= 11 is 0. The molecule has 0 aliphatic carbocycles. The predicted molar refractivity (Wildman–Crippen MR) is 164 cm³/mol. The molecule has 5 aromatic carbocycles. The maximum absolute atomic E-state index is 11.6. The van der Waals surface area contributed by atoms with Crippen LogP contribution in [-0.2, 0) is 0 Å². The third-order valence-corrected chi connectivity index (χ3v) is 7.08. The van der Waals surface area contributed by atoms with Gasteiger partial charge in [0.05, 0.1) is 5.56 Å². The van der Waals surface area contributed by atoms with Crippen LogP contribution in [-0.4, -0.2) is 12.1 Å². The van der Waals surface area contributed by atoms with E-state index >= 15 is 0 Å². The second-order valence-corrected chi connectivity index (χ2v) is 9.49. The topological polar surface area (TPSA) is 30.2 Å². The van der Waals surface area contributed by atoms with Gasteiger partial charge in [-0.25, -0.2) is 4.79 Å². The van der Waals surface area contributed by atoms with Crippen LogP contribution < -0.4 is 31.4 Å². The largest absolute Gasteiger partial charge is 0.411 e. The third-order valence-electron chi connectivity index (χ3n) is 7.08. The van der Waals surface area contributed by atoms with Crippen LogP contribution in [0.1, 0.15) is 10.4 Å². The van der Waals surface area contributed by atoms with E-state index in [9.17, 15) is 4.79 Å². The molecule has 0 aliphatic rings. The minimum Gasteiger partial charge on any atom is -0.239 e. The van der Waals surface area contributed by atoms with E-state index in [-0.39, 0.29) is 5.97 Å². The summed E-state index contributed by atoms with van der Waals surface area (Å²) in [7, 11) is 0. The highest BCUT2D eigenvalue weighted by Gasteiger charge is 2.31. The highest BCUT2D eigenvalue weighted by Crippen LogP contribution is 2.09. The number of carbonyl (C=O) groups is 1. The Hall–Kier alpha value is -5.22. The fourth-order valence-electron chi connectivity index (χ4n) is 5.29. The van der Waals surface area contributed by atoms with Crippen molar-refractivity contribution < 1.29 is 14.4 Å². The summed E-state index contributed by atoms with van der Waals surface area (Å²) in [5.41, 5.74) is 5.89. The fourth-order valence-corrected chi connectivity index (χ4v) is 5.29. The van der Waals surface area contributed by atoms with E-state index in [1.807, 2.05) is 12.1 Å². The molecule has 0 saturated carbocycles. The average molecular weight is 519 g/mol.